The maximum atomic E-state index is 10.5. The van der Waals surface area contributed by atoms with Gasteiger partial charge in [0.15, 0.2) is 0 Å². The molecule has 0 spiro atoms. The monoisotopic (exact) mass is 300 g/mol. The summed E-state index contributed by atoms with van der Waals surface area (Å²) in [6.07, 6.45) is 21.9. The van der Waals surface area contributed by atoms with Gasteiger partial charge in [-0.1, -0.05) is 70.4 Å². The standard InChI is InChI=1S/C18H33ClO/c1-2-3-4-5-6-7-8-9-10-11-12-13-14-15-16-17-18(19)20/h9-10H,2-8,11-17H2,1H3. The molecule has 0 rings (SSSR count). The largest absolute Gasteiger partial charge is 0.281 e. The number of hydrogen-bond donors (Lipinski definition) is 0. The van der Waals surface area contributed by atoms with Gasteiger partial charge in [-0.3, -0.25) is 4.79 Å². The minimum Gasteiger partial charge on any atom is -0.281 e. The van der Waals surface area contributed by atoms with Crippen LogP contribution in [-0.4, -0.2) is 5.24 Å². The summed E-state index contributed by atoms with van der Waals surface area (Å²) in [5, 5.41) is -0.192. The Morgan fingerprint density at radius 2 is 1.20 bits per heavy atom. The zero-order valence-corrected chi connectivity index (χ0v) is 14.1. The van der Waals surface area contributed by atoms with Crippen molar-refractivity contribution in [2.75, 3.05) is 0 Å². The van der Waals surface area contributed by atoms with Crippen LogP contribution in [0, 0.1) is 0 Å². The first-order valence-corrected chi connectivity index (χ1v) is 8.98. The Morgan fingerprint density at radius 1 is 0.750 bits per heavy atom. The number of carbonyl (C=O) groups is 1. The number of rotatable bonds is 15. The number of hydrogen-bond acceptors (Lipinski definition) is 1. The summed E-state index contributed by atoms with van der Waals surface area (Å²) in [6.45, 7) is 2.26. The first kappa shape index (κ1) is 19.7. The number of unbranched alkanes of at least 4 members (excludes halogenated alkanes) is 11. The van der Waals surface area contributed by atoms with Crippen molar-refractivity contribution >= 4 is 16.8 Å². The summed E-state index contributed by atoms with van der Waals surface area (Å²) in [5.74, 6) is 0. The molecule has 0 saturated heterocycles. The molecule has 0 atom stereocenters. The molecule has 0 radical (unpaired) electrons. The lowest BCUT2D eigenvalue weighted by Gasteiger charge is -1.99. The Morgan fingerprint density at radius 3 is 1.70 bits per heavy atom. The van der Waals surface area contributed by atoms with Crippen LogP contribution in [0.4, 0.5) is 0 Å². The first-order chi connectivity index (χ1) is 9.77. The van der Waals surface area contributed by atoms with Crippen molar-refractivity contribution in [1.82, 2.24) is 0 Å². The van der Waals surface area contributed by atoms with E-state index in [4.69, 9.17) is 11.6 Å². The third kappa shape index (κ3) is 17.7. The van der Waals surface area contributed by atoms with E-state index in [0.717, 1.165) is 12.8 Å². The van der Waals surface area contributed by atoms with E-state index in [-0.39, 0.29) is 5.24 Å². The van der Waals surface area contributed by atoms with E-state index in [1.165, 1.54) is 70.6 Å². The third-order valence-electron chi connectivity index (χ3n) is 3.64. The van der Waals surface area contributed by atoms with Crippen molar-refractivity contribution in [1.29, 1.82) is 0 Å². The van der Waals surface area contributed by atoms with E-state index in [1.807, 2.05) is 0 Å². The van der Waals surface area contributed by atoms with Gasteiger partial charge in [-0.2, -0.15) is 0 Å². The highest BCUT2D eigenvalue weighted by atomic mass is 35.5. The second-order valence-electron chi connectivity index (χ2n) is 5.69. The Hall–Kier alpha value is -0.300. The lowest BCUT2D eigenvalue weighted by Crippen LogP contribution is -1.86. The van der Waals surface area contributed by atoms with Gasteiger partial charge in [-0.05, 0) is 43.7 Å². The molecule has 1 nitrogen and oxygen atoms in total. The average molecular weight is 301 g/mol. The molecule has 0 heterocycles. The van der Waals surface area contributed by atoms with E-state index < -0.39 is 0 Å². The van der Waals surface area contributed by atoms with Gasteiger partial charge < -0.3 is 0 Å². The summed E-state index contributed by atoms with van der Waals surface area (Å²) < 4.78 is 0. The normalized spacial score (nSPS) is 11.3. The summed E-state index contributed by atoms with van der Waals surface area (Å²) in [7, 11) is 0. The van der Waals surface area contributed by atoms with Gasteiger partial charge >= 0.3 is 0 Å². The zero-order valence-electron chi connectivity index (χ0n) is 13.3. The highest BCUT2D eigenvalue weighted by molar-refractivity contribution is 6.63. The second-order valence-corrected chi connectivity index (χ2v) is 6.11. The molecule has 0 unspecified atom stereocenters. The first-order valence-electron chi connectivity index (χ1n) is 8.60. The maximum absolute atomic E-state index is 10.5. The molecule has 2 heteroatoms. The lowest BCUT2D eigenvalue weighted by atomic mass is 10.1. The molecule has 0 aliphatic carbocycles. The SMILES string of the molecule is CCCCCCCCC=CCCCCCCCC(=O)Cl. The minimum atomic E-state index is -0.192. The van der Waals surface area contributed by atoms with Crippen LogP contribution in [-0.2, 0) is 4.79 Å². The van der Waals surface area contributed by atoms with E-state index in [9.17, 15) is 4.79 Å². The topological polar surface area (TPSA) is 17.1 Å². The van der Waals surface area contributed by atoms with Crippen molar-refractivity contribution in [3.8, 4) is 0 Å². The lowest BCUT2D eigenvalue weighted by molar-refractivity contribution is -0.111. The fourth-order valence-corrected chi connectivity index (χ4v) is 2.47. The fraction of sp³-hybridized carbons (Fsp3) is 0.833. The van der Waals surface area contributed by atoms with Gasteiger partial charge in [0.2, 0.25) is 5.24 Å². The van der Waals surface area contributed by atoms with Gasteiger partial charge in [0.05, 0.1) is 0 Å². The van der Waals surface area contributed by atoms with Crippen LogP contribution in [0.2, 0.25) is 0 Å². The molecule has 0 aromatic heterocycles. The van der Waals surface area contributed by atoms with Gasteiger partial charge in [-0.25, -0.2) is 0 Å². The Bertz CT molecular complexity index is 236. The second kappa shape index (κ2) is 16.8. The van der Waals surface area contributed by atoms with Crippen LogP contribution < -0.4 is 0 Å². The number of allylic oxidation sites excluding steroid dienone is 2. The molecule has 20 heavy (non-hydrogen) atoms. The summed E-state index contributed by atoms with van der Waals surface area (Å²) in [6, 6.07) is 0. The minimum absolute atomic E-state index is 0.192. The molecular weight excluding hydrogens is 268 g/mol. The van der Waals surface area contributed by atoms with E-state index in [2.05, 4.69) is 19.1 Å². The van der Waals surface area contributed by atoms with Crippen LogP contribution >= 0.6 is 11.6 Å². The van der Waals surface area contributed by atoms with Crippen molar-refractivity contribution in [3.05, 3.63) is 12.2 Å². The highest BCUT2D eigenvalue weighted by Gasteiger charge is 1.95. The fourth-order valence-electron chi connectivity index (χ4n) is 2.33. The number of halogens is 1. The van der Waals surface area contributed by atoms with Gasteiger partial charge in [-0.15, -0.1) is 0 Å². The predicted molar refractivity (Wildman–Crippen MR) is 90.3 cm³/mol. The zero-order chi connectivity index (χ0) is 14.9. The van der Waals surface area contributed by atoms with Crippen molar-refractivity contribution in [3.63, 3.8) is 0 Å². The molecule has 0 bridgehead atoms. The van der Waals surface area contributed by atoms with Crippen LogP contribution in [0.1, 0.15) is 96.8 Å². The van der Waals surface area contributed by atoms with Gasteiger partial charge in [0.1, 0.15) is 0 Å². The maximum Gasteiger partial charge on any atom is 0.221 e. The molecule has 0 aliphatic rings. The molecule has 0 aromatic carbocycles. The molecule has 0 saturated carbocycles. The summed E-state index contributed by atoms with van der Waals surface area (Å²) in [5.41, 5.74) is 0. The Balaban J connectivity index is 3.07. The van der Waals surface area contributed by atoms with E-state index in [0.29, 0.717) is 6.42 Å². The number of carbonyl (C=O) groups excluding carboxylic acids is 1. The molecule has 118 valence electrons. The van der Waals surface area contributed by atoms with Crippen LogP contribution in [0.15, 0.2) is 12.2 Å². The van der Waals surface area contributed by atoms with E-state index in [1.54, 1.807) is 0 Å². The van der Waals surface area contributed by atoms with Gasteiger partial charge in [0, 0.05) is 6.42 Å². The molecule has 0 aromatic rings. The average Bonchev–Trinajstić information content (AvgIpc) is 2.43. The van der Waals surface area contributed by atoms with Crippen molar-refractivity contribution in [2.24, 2.45) is 0 Å². The highest BCUT2D eigenvalue weighted by Crippen LogP contribution is 2.10. The summed E-state index contributed by atoms with van der Waals surface area (Å²) >= 11 is 5.29. The summed E-state index contributed by atoms with van der Waals surface area (Å²) in [4.78, 5) is 10.5. The predicted octanol–water partition coefficient (Wildman–Crippen LogP) is 6.79. The van der Waals surface area contributed by atoms with E-state index >= 15 is 0 Å². The molecular formula is C18H33ClO. The molecule has 0 fully saturated rings. The van der Waals surface area contributed by atoms with Gasteiger partial charge in [0.25, 0.3) is 0 Å². The third-order valence-corrected chi connectivity index (χ3v) is 3.82. The Labute approximate surface area is 131 Å². The smallest absolute Gasteiger partial charge is 0.221 e. The van der Waals surface area contributed by atoms with Crippen LogP contribution in [0.5, 0.6) is 0 Å². The van der Waals surface area contributed by atoms with Crippen molar-refractivity contribution in [2.45, 2.75) is 96.8 Å². The van der Waals surface area contributed by atoms with Crippen LogP contribution in [0.25, 0.3) is 0 Å². The van der Waals surface area contributed by atoms with Crippen LogP contribution in [0.3, 0.4) is 0 Å². The van der Waals surface area contributed by atoms with Crippen molar-refractivity contribution < 1.29 is 4.79 Å². The molecule has 0 amide bonds. The molecule has 0 N–H and O–H groups in total. The quantitative estimate of drug-likeness (QED) is 0.185. The Kier molecular flexibility index (Phi) is 16.5. The molecule has 0 aliphatic heterocycles.